The van der Waals surface area contributed by atoms with Gasteiger partial charge in [-0.1, -0.05) is 35.5 Å². The van der Waals surface area contributed by atoms with E-state index in [1.165, 1.54) is 0 Å². The first-order valence-electron chi connectivity index (χ1n) is 10.8. The van der Waals surface area contributed by atoms with E-state index in [0.717, 1.165) is 24.2 Å². The van der Waals surface area contributed by atoms with Gasteiger partial charge in [-0.15, -0.1) is 0 Å². The van der Waals surface area contributed by atoms with Crippen LogP contribution < -0.4 is 10.1 Å². The molecule has 1 fully saturated rings. The summed E-state index contributed by atoms with van der Waals surface area (Å²) in [6, 6.07) is 18.5. The summed E-state index contributed by atoms with van der Waals surface area (Å²) < 4.78 is 10.6. The summed E-state index contributed by atoms with van der Waals surface area (Å²) in [5.41, 5.74) is 1.93. The first-order chi connectivity index (χ1) is 15.6. The fourth-order valence-corrected chi connectivity index (χ4v) is 3.40. The largest absolute Gasteiger partial charge is 0.497 e. The van der Waals surface area contributed by atoms with Crippen LogP contribution >= 0.6 is 0 Å². The third kappa shape index (κ3) is 5.75. The van der Waals surface area contributed by atoms with Crippen LogP contribution in [0.3, 0.4) is 0 Å². The van der Waals surface area contributed by atoms with Crippen molar-refractivity contribution in [2.45, 2.75) is 25.8 Å². The van der Waals surface area contributed by atoms with E-state index >= 15 is 0 Å². The number of nitrogens with one attached hydrogen (secondary N) is 1. The Labute approximate surface area is 187 Å². The highest BCUT2D eigenvalue weighted by Crippen LogP contribution is 2.27. The predicted molar refractivity (Wildman–Crippen MR) is 119 cm³/mol. The smallest absolute Gasteiger partial charge is 0.273 e. The molecule has 2 aromatic carbocycles. The molecule has 1 aliphatic carbocycles. The molecule has 4 rings (SSSR count). The Morgan fingerprint density at radius 1 is 1.12 bits per heavy atom. The molecule has 1 N–H and O–H groups in total. The van der Waals surface area contributed by atoms with Gasteiger partial charge in [0.15, 0.2) is 11.5 Å². The number of carbonyl (C=O) groups is 2. The zero-order valence-corrected chi connectivity index (χ0v) is 18.1. The summed E-state index contributed by atoms with van der Waals surface area (Å²) in [4.78, 5) is 27.1. The van der Waals surface area contributed by atoms with E-state index in [9.17, 15) is 9.59 Å². The first-order valence-corrected chi connectivity index (χ1v) is 10.8. The second-order valence-corrected chi connectivity index (χ2v) is 8.02. The zero-order valence-electron chi connectivity index (χ0n) is 18.1. The maximum absolute atomic E-state index is 13.2. The fourth-order valence-electron chi connectivity index (χ4n) is 3.40. The molecule has 1 aliphatic rings. The molecule has 166 valence electrons. The SMILES string of the molecule is COc1ccc(CCN(Cc2cc(C(=O)NCC3CC3)no2)C(=O)c2ccccc2)cc1. The lowest BCUT2D eigenvalue weighted by atomic mass is 10.1. The van der Waals surface area contributed by atoms with Crippen LogP contribution in [-0.2, 0) is 13.0 Å². The monoisotopic (exact) mass is 433 g/mol. The van der Waals surface area contributed by atoms with Gasteiger partial charge < -0.3 is 19.5 Å². The highest BCUT2D eigenvalue weighted by molar-refractivity contribution is 5.94. The normalized spacial score (nSPS) is 12.9. The van der Waals surface area contributed by atoms with Gasteiger partial charge in [-0.05, 0) is 55.0 Å². The van der Waals surface area contributed by atoms with Crippen molar-refractivity contribution in [2.75, 3.05) is 20.2 Å². The van der Waals surface area contributed by atoms with Crippen LogP contribution in [0.1, 0.15) is 45.0 Å². The van der Waals surface area contributed by atoms with Crippen LogP contribution in [0.25, 0.3) is 0 Å². The van der Waals surface area contributed by atoms with Gasteiger partial charge in [-0.3, -0.25) is 9.59 Å². The number of amides is 2. The molecular formula is C25H27N3O4. The van der Waals surface area contributed by atoms with Crippen LogP contribution in [0.4, 0.5) is 0 Å². The Morgan fingerprint density at radius 3 is 2.56 bits per heavy atom. The number of hydrogen-bond acceptors (Lipinski definition) is 5. The molecule has 1 heterocycles. The van der Waals surface area contributed by atoms with Crippen LogP contribution in [0.5, 0.6) is 5.75 Å². The van der Waals surface area contributed by atoms with Gasteiger partial charge in [0.05, 0.1) is 13.7 Å². The molecule has 1 saturated carbocycles. The number of aromatic nitrogens is 1. The minimum atomic E-state index is -0.244. The number of rotatable bonds is 10. The van der Waals surface area contributed by atoms with Crippen LogP contribution in [0, 0.1) is 5.92 Å². The molecule has 2 amide bonds. The molecule has 0 aliphatic heterocycles. The van der Waals surface area contributed by atoms with E-state index in [4.69, 9.17) is 9.26 Å². The van der Waals surface area contributed by atoms with E-state index in [-0.39, 0.29) is 24.1 Å². The van der Waals surface area contributed by atoms with Gasteiger partial charge in [0, 0.05) is 24.7 Å². The molecule has 0 unspecified atom stereocenters. The van der Waals surface area contributed by atoms with Gasteiger partial charge in [0.2, 0.25) is 0 Å². The van der Waals surface area contributed by atoms with Crippen molar-refractivity contribution in [2.24, 2.45) is 5.92 Å². The minimum Gasteiger partial charge on any atom is -0.497 e. The Morgan fingerprint density at radius 2 is 1.88 bits per heavy atom. The van der Waals surface area contributed by atoms with Gasteiger partial charge >= 0.3 is 0 Å². The molecule has 7 nitrogen and oxygen atoms in total. The van der Waals surface area contributed by atoms with Crippen LogP contribution in [0.2, 0.25) is 0 Å². The lowest BCUT2D eigenvalue weighted by Gasteiger charge is -2.21. The van der Waals surface area contributed by atoms with Gasteiger partial charge in [-0.25, -0.2) is 0 Å². The third-order valence-corrected chi connectivity index (χ3v) is 5.52. The average Bonchev–Trinajstić information content (AvgIpc) is 3.56. The second kappa shape index (κ2) is 10.1. The number of nitrogens with zero attached hydrogens (tertiary/aromatic N) is 2. The van der Waals surface area contributed by atoms with Gasteiger partial charge in [-0.2, -0.15) is 0 Å². The van der Waals surface area contributed by atoms with Crippen molar-refractivity contribution in [3.8, 4) is 5.75 Å². The van der Waals surface area contributed by atoms with Crippen molar-refractivity contribution in [3.63, 3.8) is 0 Å². The Kier molecular flexibility index (Phi) is 6.84. The molecule has 0 atom stereocenters. The maximum atomic E-state index is 13.2. The fraction of sp³-hybridized carbons (Fsp3) is 0.320. The molecule has 3 aromatic rings. The van der Waals surface area contributed by atoms with Crippen molar-refractivity contribution in [1.29, 1.82) is 0 Å². The molecule has 32 heavy (non-hydrogen) atoms. The zero-order chi connectivity index (χ0) is 22.3. The summed E-state index contributed by atoms with van der Waals surface area (Å²) in [7, 11) is 1.63. The van der Waals surface area contributed by atoms with Crippen molar-refractivity contribution in [3.05, 3.63) is 83.2 Å². The standard InChI is InChI=1S/C25H27N3O4/c1-31-21-11-9-18(10-12-21)13-14-28(25(30)20-5-3-2-4-6-20)17-22-15-23(27-32-22)24(29)26-16-19-7-8-19/h2-6,9-12,15,19H,7-8,13-14,16-17H2,1H3,(H,26,29). The van der Waals surface area contributed by atoms with E-state index in [2.05, 4.69) is 10.5 Å². The van der Waals surface area contributed by atoms with E-state index in [0.29, 0.717) is 36.8 Å². The van der Waals surface area contributed by atoms with E-state index in [1.807, 2.05) is 42.5 Å². The number of benzene rings is 2. The maximum Gasteiger partial charge on any atom is 0.273 e. The molecule has 0 spiro atoms. The number of hydrogen-bond donors (Lipinski definition) is 1. The summed E-state index contributed by atoms with van der Waals surface area (Å²) in [6.45, 7) is 1.39. The third-order valence-electron chi connectivity index (χ3n) is 5.52. The highest BCUT2D eigenvalue weighted by Gasteiger charge is 2.23. The highest BCUT2D eigenvalue weighted by atomic mass is 16.5. The second-order valence-electron chi connectivity index (χ2n) is 8.02. The Bertz CT molecular complexity index is 1040. The lowest BCUT2D eigenvalue weighted by Crippen LogP contribution is -2.32. The summed E-state index contributed by atoms with van der Waals surface area (Å²) in [5.74, 6) is 1.50. The molecule has 0 saturated heterocycles. The average molecular weight is 434 g/mol. The van der Waals surface area contributed by atoms with Gasteiger partial charge in [0.25, 0.3) is 11.8 Å². The Hall–Kier alpha value is -3.61. The molecule has 1 aromatic heterocycles. The van der Waals surface area contributed by atoms with Crippen molar-refractivity contribution in [1.82, 2.24) is 15.4 Å². The number of ether oxygens (including phenoxy) is 1. The molecule has 0 radical (unpaired) electrons. The number of carbonyl (C=O) groups excluding carboxylic acids is 2. The van der Waals surface area contributed by atoms with E-state index in [1.54, 1.807) is 30.2 Å². The predicted octanol–water partition coefficient (Wildman–Crippen LogP) is 3.71. The summed E-state index contributed by atoms with van der Waals surface area (Å²) >= 11 is 0. The van der Waals surface area contributed by atoms with Crippen molar-refractivity contribution >= 4 is 11.8 Å². The van der Waals surface area contributed by atoms with E-state index < -0.39 is 0 Å². The van der Waals surface area contributed by atoms with Crippen LogP contribution in [0.15, 0.2) is 65.2 Å². The topological polar surface area (TPSA) is 84.7 Å². The quantitative estimate of drug-likeness (QED) is 0.527. The number of methoxy groups -OCH3 is 1. The molecule has 0 bridgehead atoms. The molecule has 7 heteroatoms. The molecular weight excluding hydrogens is 406 g/mol. The van der Waals surface area contributed by atoms with Crippen molar-refractivity contribution < 1.29 is 18.8 Å². The lowest BCUT2D eigenvalue weighted by molar-refractivity contribution is 0.0729. The summed E-state index contributed by atoms with van der Waals surface area (Å²) in [6.07, 6.45) is 3.00. The summed E-state index contributed by atoms with van der Waals surface area (Å²) in [5, 5.41) is 6.78. The minimum absolute atomic E-state index is 0.102. The van der Waals surface area contributed by atoms with Gasteiger partial charge in [0.1, 0.15) is 5.75 Å². The first kappa shape index (κ1) is 21.6. The van der Waals surface area contributed by atoms with Crippen LogP contribution in [-0.4, -0.2) is 42.1 Å². The Balaban J connectivity index is 1.44.